The summed E-state index contributed by atoms with van der Waals surface area (Å²) in [6.07, 6.45) is 5.34. The molecule has 1 aliphatic rings. The summed E-state index contributed by atoms with van der Waals surface area (Å²) in [6.45, 7) is 0.327. The van der Waals surface area contributed by atoms with E-state index in [2.05, 4.69) is 15.4 Å². The number of aromatic nitrogens is 2. The van der Waals surface area contributed by atoms with Crippen molar-refractivity contribution in [3.05, 3.63) is 12.0 Å². The molecule has 7 heteroatoms. The summed E-state index contributed by atoms with van der Waals surface area (Å²) >= 11 is 0. The molecule has 1 fully saturated rings. The van der Waals surface area contributed by atoms with Gasteiger partial charge in [0.15, 0.2) is 11.6 Å². The van der Waals surface area contributed by atoms with Gasteiger partial charge in [0.25, 0.3) is 0 Å². The van der Waals surface area contributed by atoms with Crippen LogP contribution in [0.1, 0.15) is 25.7 Å². The topological polar surface area (TPSA) is 87.3 Å². The molecule has 1 aromatic rings. The molecule has 2 rings (SSSR count). The van der Waals surface area contributed by atoms with Gasteiger partial charge in [-0.2, -0.15) is 4.98 Å². The number of halogens is 1. The van der Waals surface area contributed by atoms with Gasteiger partial charge in [0.05, 0.1) is 12.8 Å². The Morgan fingerprint density at radius 2 is 2.22 bits per heavy atom. The molecule has 0 bridgehead atoms. The Morgan fingerprint density at radius 1 is 1.50 bits per heavy atom. The van der Waals surface area contributed by atoms with Crippen LogP contribution in [-0.2, 0) is 0 Å². The van der Waals surface area contributed by atoms with Gasteiger partial charge in [-0.25, -0.2) is 15.2 Å². The second-order valence-corrected chi connectivity index (χ2v) is 4.36. The lowest BCUT2D eigenvalue weighted by Crippen LogP contribution is -2.37. The van der Waals surface area contributed by atoms with Crippen LogP contribution < -0.4 is 16.2 Å². The molecular weight excluding hydrogens is 237 g/mol. The van der Waals surface area contributed by atoms with Crippen LogP contribution in [0.15, 0.2) is 6.20 Å². The fraction of sp³-hybridized carbons (Fsp3) is 0.636. The van der Waals surface area contributed by atoms with Crippen LogP contribution in [-0.4, -0.2) is 34.3 Å². The molecule has 4 N–H and O–H groups in total. The van der Waals surface area contributed by atoms with Crippen molar-refractivity contribution in [2.45, 2.75) is 31.7 Å². The second kappa shape index (κ2) is 5.92. The van der Waals surface area contributed by atoms with Crippen LogP contribution in [0, 0.1) is 5.82 Å². The van der Waals surface area contributed by atoms with Crippen molar-refractivity contribution >= 4 is 11.8 Å². The van der Waals surface area contributed by atoms with Gasteiger partial charge >= 0.3 is 0 Å². The first kappa shape index (κ1) is 13.0. The molecule has 1 heterocycles. The van der Waals surface area contributed by atoms with E-state index in [0.717, 1.165) is 31.9 Å². The Balaban J connectivity index is 2.28. The molecule has 0 spiro atoms. The molecule has 0 amide bonds. The number of hydrogen-bond donors (Lipinski definition) is 3. The molecule has 1 aliphatic carbocycles. The normalized spacial score (nSPS) is 15.9. The fourth-order valence-corrected chi connectivity index (χ4v) is 2.41. The molecule has 0 atom stereocenters. The van der Waals surface area contributed by atoms with Crippen LogP contribution in [0.4, 0.5) is 16.2 Å². The average Bonchev–Trinajstić information content (AvgIpc) is 2.91. The highest BCUT2D eigenvalue weighted by Crippen LogP contribution is 2.28. The highest BCUT2D eigenvalue weighted by Gasteiger charge is 2.26. The number of aliphatic hydroxyl groups is 1. The van der Waals surface area contributed by atoms with Gasteiger partial charge in [-0.1, -0.05) is 12.8 Å². The zero-order chi connectivity index (χ0) is 13.0. The van der Waals surface area contributed by atoms with E-state index in [1.807, 2.05) is 4.90 Å². The summed E-state index contributed by atoms with van der Waals surface area (Å²) in [6, 6.07) is 0.229. The third-order valence-electron chi connectivity index (χ3n) is 3.23. The van der Waals surface area contributed by atoms with Gasteiger partial charge in [0.2, 0.25) is 5.95 Å². The van der Waals surface area contributed by atoms with Crippen molar-refractivity contribution in [3.8, 4) is 0 Å². The number of rotatable bonds is 5. The second-order valence-electron chi connectivity index (χ2n) is 4.36. The number of nitrogens with one attached hydrogen (secondary N) is 1. The number of hydrogen-bond acceptors (Lipinski definition) is 6. The smallest absolute Gasteiger partial charge is 0.239 e. The van der Waals surface area contributed by atoms with E-state index < -0.39 is 5.82 Å². The maximum absolute atomic E-state index is 13.8. The number of hydrazine groups is 1. The molecule has 100 valence electrons. The molecule has 0 radical (unpaired) electrons. The molecule has 0 unspecified atom stereocenters. The van der Waals surface area contributed by atoms with Crippen molar-refractivity contribution in [1.82, 2.24) is 9.97 Å². The summed E-state index contributed by atoms with van der Waals surface area (Å²) in [5, 5.41) is 9.13. The van der Waals surface area contributed by atoms with Crippen molar-refractivity contribution in [2.75, 3.05) is 23.5 Å². The number of nitrogens with two attached hydrogens (primary N) is 1. The van der Waals surface area contributed by atoms with Gasteiger partial charge in [-0.3, -0.25) is 5.43 Å². The van der Waals surface area contributed by atoms with Crippen molar-refractivity contribution in [3.63, 3.8) is 0 Å². The lowest BCUT2D eigenvalue weighted by molar-refractivity contribution is 0.296. The van der Waals surface area contributed by atoms with E-state index in [1.54, 1.807) is 0 Å². The van der Waals surface area contributed by atoms with E-state index >= 15 is 0 Å². The lowest BCUT2D eigenvalue weighted by atomic mass is 10.2. The maximum atomic E-state index is 13.8. The van der Waals surface area contributed by atoms with Gasteiger partial charge in [-0.05, 0) is 12.8 Å². The standard InChI is InChI=1S/C11H18FN5O/c12-9-7-14-11(16-13)15-10(9)17(5-6-18)8-3-1-2-4-8/h7-8,18H,1-6,13H2,(H,14,15,16). The van der Waals surface area contributed by atoms with Crippen LogP contribution in [0.3, 0.4) is 0 Å². The highest BCUT2D eigenvalue weighted by atomic mass is 19.1. The maximum Gasteiger partial charge on any atom is 0.239 e. The van der Waals surface area contributed by atoms with Gasteiger partial charge in [-0.15, -0.1) is 0 Å². The van der Waals surface area contributed by atoms with Crippen LogP contribution in [0.5, 0.6) is 0 Å². The quantitative estimate of drug-likeness (QED) is 0.529. The first-order valence-corrected chi connectivity index (χ1v) is 6.13. The van der Waals surface area contributed by atoms with Crippen molar-refractivity contribution < 1.29 is 9.50 Å². The minimum Gasteiger partial charge on any atom is -0.395 e. The number of nitrogen functional groups attached to an aromatic ring is 1. The van der Waals surface area contributed by atoms with Gasteiger partial charge in [0.1, 0.15) is 0 Å². The van der Waals surface area contributed by atoms with Crippen LogP contribution >= 0.6 is 0 Å². The van der Waals surface area contributed by atoms with Crippen molar-refractivity contribution in [1.29, 1.82) is 0 Å². The minimum absolute atomic E-state index is 0.0364. The van der Waals surface area contributed by atoms with Crippen molar-refractivity contribution in [2.24, 2.45) is 5.84 Å². The zero-order valence-corrected chi connectivity index (χ0v) is 10.1. The highest BCUT2D eigenvalue weighted by molar-refractivity contribution is 5.44. The Kier molecular flexibility index (Phi) is 4.27. The van der Waals surface area contributed by atoms with Gasteiger partial charge < -0.3 is 10.0 Å². The number of aliphatic hydroxyl groups excluding tert-OH is 1. The van der Waals surface area contributed by atoms with E-state index in [0.29, 0.717) is 6.54 Å². The summed E-state index contributed by atoms with van der Waals surface area (Å²) < 4.78 is 13.8. The summed E-state index contributed by atoms with van der Waals surface area (Å²) in [5.74, 6) is 5.12. The third-order valence-corrected chi connectivity index (χ3v) is 3.23. The monoisotopic (exact) mass is 255 g/mol. The van der Waals surface area contributed by atoms with E-state index in [9.17, 15) is 4.39 Å². The Hall–Kier alpha value is -1.47. The van der Waals surface area contributed by atoms with Crippen LogP contribution in [0.25, 0.3) is 0 Å². The molecule has 1 saturated carbocycles. The Labute approximate surface area is 105 Å². The average molecular weight is 255 g/mol. The fourth-order valence-electron chi connectivity index (χ4n) is 2.41. The molecule has 1 aromatic heterocycles. The van der Waals surface area contributed by atoms with Gasteiger partial charge in [0, 0.05) is 12.6 Å². The Bertz CT molecular complexity index is 397. The molecule has 0 saturated heterocycles. The van der Waals surface area contributed by atoms with E-state index in [1.165, 1.54) is 0 Å². The van der Waals surface area contributed by atoms with E-state index in [-0.39, 0.29) is 24.4 Å². The van der Waals surface area contributed by atoms with Crippen LogP contribution in [0.2, 0.25) is 0 Å². The summed E-state index contributed by atoms with van der Waals surface area (Å²) in [5.41, 5.74) is 2.30. The largest absolute Gasteiger partial charge is 0.395 e. The summed E-state index contributed by atoms with van der Waals surface area (Å²) in [4.78, 5) is 9.57. The minimum atomic E-state index is -0.491. The first-order chi connectivity index (χ1) is 8.76. The van der Waals surface area contributed by atoms with E-state index in [4.69, 9.17) is 10.9 Å². The zero-order valence-electron chi connectivity index (χ0n) is 10.1. The SMILES string of the molecule is NNc1ncc(F)c(N(CCO)C2CCCC2)n1. The molecule has 0 aliphatic heterocycles. The molecule has 18 heavy (non-hydrogen) atoms. The predicted molar refractivity (Wildman–Crippen MR) is 66.5 cm³/mol. The predicted octanol–water partition coefficient (Wildman–Crippen LogP) is 0.643. The lowest BCUT2D eigenvalue weighted by Gasteiger charge is -2.29. The number of anilines is 2. The molecule has 0 aromatic carbocycles. The molecule has 6 nitrogen and oxygen atoms in total. The molecular formula is C11H18FN5O. The number of nitrogens with zero attached hydrogens (tertiary/aromatic N) is 3. The Morgan fingerprint density at radius 3 is 2.83 bits per heavy atom. The first-order valence-electron chi connectivity index (χ1n) is 6.13. The summed E-state index contributed by atoms with van der Waals surface area (Å²) in [7, 11) is 0. The third kappa shape index (κ3) is 2.68.